The fourth-order valence-electron chi connectivity index (χ4n) is 2.45. The van der Waals surface area contributed by atoms with Crippen LogP contribution < -0.4 is 10.1 Å². The van der Waals surface area contributed by atoms with Crippen molar-refractivity contribution >= 4 is 32.9 Å². The van der Waals surface area contributed by atoms with E-state index in [9.17, 15) is 22.4 Å². The van der Waals surface area contributed by atoms with Gasteiger partial charge in [-0.15, -0.1) is 0 Å². The Labute approximate surface area is 158 Å². The lowest BCUT2D eigenvalue weighted by Crippen LogP contribution is -2.23. The van der Waals surface area contributed by atoms with Crippen LogP contribution in [0.3, 0.4) is 0 Å². The monoisotopic (exact) mass is 445 g/mol. The number of nitrogens with zero attached hydrogens (tertiary/aromatic N) is 1. The molecule has 3 rings (SSSR count). The molecule has 142 valence electrons. The number of benzene rings is 2. The first-order valence-electron chi connectivity index (χ1n) is 7.62. The lowest BCUT2D eigenvalue weighted by atomic mass is 10.1. The minimum absolute atomic E-state index is 0.0564. The van der Waals surface area contributed by atoms with Crippen LogP contribution >= 0.6 is 15.9 Å². The van der Waals surface area contributed by atoms with E-state index in [-0.39, 0.29) is 17.9 Å². The lowest BCUT2D eigenvalue weighted by Gasteiger charge is -2.12. The standard InChI is InChI=1S/C17H12BrF4N3O2/c18-10-2-4-13(27-17(21)22)9(5-10)7-23-16(26)8-1-3-11-12(6-8)25-15(24-11)14(19)20/h1-6,14,17H,7H2,(H,23,26)(H,24,25). The molecule has 10 heteroatoms. The highest BCUT2D eigenvalue weighted by molar-refractivity contribution is 9.10. The maximum Gasteiger partial charge on any atom is 0.387 e. The number of alkyl halides is 4. The SMILES string of the molecule is O=C(NCc1cc(Br)ccc1OC(F)F)c1ccc2nc(C(F)F)[nH]c2c1. The summed E-state index contributed by atoms with van der Waals surface area (Å²) in [5.41, 5.74) is 1.16. The Morgan fingerprint density at radius 2 is 1.96 bits per heavy atom. The summed E-state index contributed by atoms with van der Waals surface area (Å²) in [6.07, 6.45) is -2.75. The number of hydrogen-bond donors (Lipinski definition) is 2. The van der Waals surface area contributed by atoms with Crippen molar-refractivity contribution in [3.63, 3.8) is 0 Å². The number of hydrogen-bond acceptors (Lipinski definition) is 3. The van der Waals surface area contributed by atoms with Crippen molar-refractivity contribution in [2.45, 2.75) is 19.6 Å². The zero-order chi connectivity index (χ0) is 19.6. The van der Waals surface area contributed by atoms with Crippen molar-refractivity contribution in [3.05, 3.63) is 57.8 Å². The quantitative estimate of drug-likeness (QED) is 0.535. The van der Waals surface area contributed by atoms with E-state index in [4.69, 9.17) is 0 Å². The minimum Gasteiger partial charge on any atom is -0.434 e. The molecular weight excluding hydrogens is 434 g/mol. The molecule has 0 spiro atoms. The van der Waals surface area contributed by atoms with E-state index in [0.29, 0.717) is 21.1 Å². The molecule has 0 bridgehead atoms. The second-order valence-electron chi connectivity index (χ2n) is 5.47. The first-order valence-corrected chi connectivity index (χ1v) is 8.42. The number of fused-ring (bicyclic) bond motifs is 1. The van der Waals surface area contributed by atoms with Gasteiger partial charge in [0, 0.05) is 22.1 Å². The van der Waals surface area contributed by atoms with Gasteiger partial charge in [0.2, 0.25) is 0 Å². The molecule has 2 N–H and O–H groups in total. The Bertz CT molecular complexity index is 978. The molecular formula is C17H12BrF4N3O2. The molecule has 0 aliphatic heterocycles. The van der Waals surface area contributed by atoms with Gasteiger partial charge in [0.25, 0.3) is 12.3 Å². The average molecular weight is 446 g/mol. The van der Waals surface area contributed by atoms with Crippen LogP contribution in [0, 0.1) is 0 Å². The minimum atomic E-state index is -2.99. The van der Waals surface area contributed by atoms with Gasteiger partial charge in [-0.25, -0.2) is 13.8 Å². The van der Waals surface area contributed by atoms with Crippen LogP contribution in [0.25, 0.3) is 11.0 Å². The fraction of sp³-hybridized carbons (Fsp3) is 0.176. The number of nitrogens with one attached hydrogen (secondary N) is 2. The first-order chi connectivity index (χ1) is 12.8. The van der Waals surface area contributed by atoms with Crippen LogP contribution in [0.4, 0.5) is 17.6 Å². The molecule has 0 atom stereocenters. The van der Waals surface area contributed by atoms with Crippen molar-refractivity contribution in [2.75, 3.05) is 0 Å². The van der Waals surface area contributed by atoms with Gasteiger partial charge in [0.05, 0.1) is 11.0 Å². The Morgan fingerprint density at radius 3 is 2.67 bits per heavy atom. The molecule has 0 unspecified atom stereocenters. The van der Waals surface area contributed by atoms with Gasteiger partial charge < -0.3 is 15.0 Å². The van der Waals surface area contributed by atoms with Crippen LogP contribution in [-0.4, -0.2) is 22.5 Å². The van der Waals surface area contributed by atoms with Crippen molar-refractivity contribution < 1.29 is 27.1 Å². The summed E-state index contributed by atoms with van der Waals surface area (Å²) >= 11 is 3.23. The van der Waals surface area contributed by atoms with E-state index in [1.807, 2.05) is 0 Å². The highest BCUT2D eigenvalue weighted by Crippen LogP contribution is 2.25. The van der Waals surface area contributed by atoms with Gasteiger partial charge in [-0.2, -0.15) is 8.78 Å². The predicted molar refractivity (Wildman–Crippen MR) is 93.0 cm³/mol. The topological polar surface area (TPSA) is 67.0 Å². The Morgan fingerprint density at radius 1 is 1.19 bits per heavy atom. The first kappa shape index (κ1) is 19.2. The summed E-state index contributed by atoms with van der Waals surface area (Å²) < 4.78 is 55.4. The third-order valence-electron chi connectivity index (χ3n) is 3.65. The lowest BCUT2D eigenvalue weighted by molar-refractivity contribution is -0.0504. The fourth-order valence-corrected chi connectivity index (χ4v) is 2.86. The van der Waals surface area contributed by atoms with Gasteiger partial charge in [-0.1, -0.05) is 15.9 Å². The molecule has 0 aliphatic carbocycles. The van der Waals surface area contributed by atoms with E-state index in [1.54, 1.807) is 6.07 Å². The summed E-state index contributed by atoms with van der Waals surface area (Å²) in [5, 5.41) is 2.58. The Balaban J connectivity index is 1.76. The second kappa shape index (κ2) is 7.95. The molecule has 27 heavy (non-hydrogen) atoms. The molecule has 3 aromatic rings. The highest BCUT2D eigenvalue weighted by Gasteiger charge is 2.15. The summed E-state index contributed by atoms with van der Waals surface area (Å²) in [7, 11) is 0. The number of rotatable bonds is 6. The highest BCUT2D eigenvalue weighted by atomic mass is 79.9. The molecule has 0 fully saturated rings. The van der Waals surface area contributed by atoms with Gasteiger partial charge >= 0.3 is 6.61 Å². The number of carbonyl (C=O) groups is 1. The van der Waals surface area contributed by atoms with Crippen molar-refractivity contribution in [1.82, 2.24) is 15.3 Å². The molecule has 1 aromatic heterocycles. The van der Waals surface area contributed by atoms with E-state index in [2.05, 4.69) is 36.0 Å². The average Bonchev–Trinajstić information content (AvgIpc) is 3.04. The molecule has 0 radical (unpaired) electrons. The van der Waals surface area contributed by atoms with Gasteiger partial charge in [-0.3, -0.25) is 4.79 Å². The zero-order valence-electron chi connectivity index (χ0n) is 13.5. The molecule has 5 nitrogen and oxygen atoms in total. The van der Waals surface area contributed by atoms with E-state index >= 15 is 0 Å². The number of ether oxygens (including phenoxy) is 1. The van der Waals surface area contributed by atoms with Crippen molar-refractivity contribution in [1.29, 1.82) is 0 Å². The number of halogens is 5. The number of imidazole rings is 1. The summed E-state index contributed by atoms with van der Waals surface area (Å²) in [4.78, 5) is 18.5. The summed E-state index contributed by atoms with van der Waals surface area (Å²) in [6.45, 7) is -3.06. The molecule has 2 aromatic carbocycles. The largest absolute Gasteiger partial charge is 0.434 e. The molecule has 1 heterocycles. The van der Waals surface area contributed by atoms with Crippen molar-refractivity contribution in [3.8, 4) is 5.75 Å². The molecule has 0 saturated heterocycles. The number of aromatic amines is 1. The molecule has 0 aliphatic rings. The van der Waals surface area contributed by atoms with Crippen LogP contribution in [0.2, 0.25) is 0 Å². The number of carbonyl (C=O) groups excluding carboxylic acids is 1. The number of amides is 1. The van der Waals surface area contributed by atoms with Gasteiger partial charge in [-0.05, 0) is 36.4 Å². The number of aromatic nitrogens is 2. The van der Waals surface area contributed by atoms with E-state index < -0.39 is 24.8 Å². The van der Waals surface area contributed by atoms with Crippen LogP contribution in [-0.2, 0) is 6.54 Å². The maximum atomic E-state index is 12.7. The van der Waals surface area contributed by atoms with Crippen LogP contribution in [0.5, 0.6) is 5.75 Å². The zero-order valence-corrected chi connectivity index (χ0v) is 15.1. The van der Waals surface area contributed by atoms with E-state index in [0.717, 1.165) is 0 Å². The molecule has 1 amide bonds. The number of H-pyrrole nitrogens is 1. The predicted octanol–water partition coefficient (Wildman–Crippen LogP) is 4.79. The van der Waals surface area contributed by atoms with Crippen molar-refractivity contribution in [2.24, 2.45) is 0 Å². The third kappa shape index (κ3) is 4.57. The normalized spacial score (nSPS) is 11.4. The van der Waals surface area contributed by atoms with Crippen LogP contribution in [0.15, 0.2) is 40.9 Å². The molecule has 0 saturated carbocycles. The van der Waals surface area contributed by atoms with Crippen LogP contribution in [0.1, 0.15) is 28.2 Å². The Hall–Kier alpha value is -2.62. The van der Waals surface area contributed by atoms with E-state index in [1.165, 1.54) is 30.3 Å². The van der Waals surface area contributed by atoms with Gasteiger partial charge in [0.15, 0.2) is 5.82 Å². The maximum absolute atomic E-state index is 12.7. The second-order valence-corrected chi connectivity index (χ2v) is 6.38. The summed E-state index contributed by atoms with van der Waals surface area (Å²) in [5.74, 6) is -1.04. The smallest absolute Gasteiger partial charge is 0.387 e. The third-order valence-corrected chi connectivity index (χ3v) is 4.14. The summed E-state index contributed by atoms with van der Waals surface area (Å²) in [6, 6.07) is 8.71. The van der Waals surface area contributed by atoms with Gasteiger partial charge in [0.1, 0.15) is 5.75 Å². The Kier molecular flexibility index (Phi) is 5.64.